The van der Waals surface area contributed by atoms with Crippen molar-refractivity contribution in [2.45, 2.75) is 37.6 Å². The number of methoxy groups -OCH3 is 2. The second-order valence-electron chi connectivity index (χ2n) is 8.86. The number of hydrogen-bond donors (Lipinski definition) is 0. The van der Waals surface area contributed by atoms with E-state index in [1.807, 2.05) is 13.0 Å². The maximum atomic E-state index is 13.0. The Balaban J connectivity index is 1.28. The number of oxazole rings is 1. The van der Waals surface area contributed by atoms with E-state index in [4.69, 9.17) is 13.9 Å². The Kier molecular flexibility index (Phi) is 8.36. The molecule has 0 bridgehead atoms. The summed E-state index contributed by atoms with van der Waals surface area (Å²) in [4.78, 5) is 19.1. The average molecular weight is 535 g/mol. The number of halogens is 3. The van der Waals surface area contributed by atoms with Crippen molar-refractivity contribution >= 4 is 17.7 Å². The number of carbonyl (C=O) groups is 1. The standard InChI is InChI=1S/C27H29F3N2O4S/c1-17-22(31-26(36-17)20-7-8-23(34-2)24(14-20)35-3)15-37-16-25(33)32-11-9-18(10-12-32)19-5-4-6-21(13-19)27(28,29)30/h4-8,13-14,18H,9-12,15-16H2,1-3H3. The van der Waals surface area contributed by atoms with E-state index in [2.05, 4.69) is 4.98 Å². The molecule has 0 atom stereocenters. The second-order valence-corrected chi connectivity index (χ2v) is 9.85. The molecule has 0 aliphatic carbocycles. The molecule has 1 aliphatic rings. The molecule has 0 N–H and O–H groups in total. The Morgan fingerprint density at radius 1 is 1.11 bits per heavy atom. The third-order valence-corrected chi connectivity index (χ3v) is 7.45. The number of rotatable bonds is 8. The molecular weight excluding hydrogens is 505 g/mol. The SMILES string of the molecule is COc1ccc(-c2nc(CSCC(=O)N3CCC(c4cccc(C(F)(F)F)c4)CC3)c(C)o2)cc1OC. The molecule has 1 saturated heterocycles. The van der Waals surface area contributed by atoms with Crippen molar-refractivity contribution in [3.05, 3.63) is 65.0 Å². The maximum Gasteiger partial charge on any atom is 0.416 e. The van der Waals surface area contributed by atoms with Gasteiger partial charge >= 0.3 is 6.18 Å². The second kappa shape index (κ2) is 11.5. The van der Waals surface area contributed by atoms with Crippen LogP contribution in [0.3, 0.4) is 0 Å². The number of aryl methyl sites for hydroxylation is 1. The van der Waals surface area contributed by atoms with E-state index in [-0.39, 0.29) is 11.8 Å². The fourth-order valence-electron chi connectivity index (χ4n) is 4.41. The number of amides is 1. The van der Waals surface area contributed by atoms with Crippen molar-refractivity contribution < 1.29 is 31.9 Å². The van der Waals surface area contributed by atoms with Crippen molar-refractivity contribution in [3.8, 4) is 23.0 Å². The van der Waals surface area contributed by atoms with Crippen LogP contribution in [-0.2, 0) is 16.7 Å². The van der Waals surface area contributed by atoms with Gasteiger partial charge in [-0.3, -0.25) is 4.79 Å². The van der Waals surface area contributed by atoms with Crippen molar-refractivity contribution in [1.82, 2.24) is 9.88 Å². The van der Waals surface area contributed by atoms with Crippen molar-refractivity contribution in [2.24, 2.45) is 0 Å². The molecule has 1 amide bonds. The topological polar surface area (TPSA) is 64.8 Å². The van der Waals surface area contributed by atoms with Crippen molar-refractivity contribution in [2.75, 3.05) is 33.1 Å². The maximum absolute atomic E-state index is 13.0. The predicted octanol–water partition coefficient (Wildman–Crippen LogP) is 6.33. The molecule has 4 rings (SSSR count). The minimum atomic E-state index is -4.35. The molecule has 1 aliphatic heterocycles. The first-order chi connectivity index (χ1) is 17.7. The molecule has 1 aromatic heterocycles. The van der Waals surface area contributed by atoms with Gasteiger partial charge in [-0.15, -0.1) is 11.8 Å². The van der Waals surface area contributed by atoms with Gasteiger partial charge in [0.05, 0.1) is 31.2 Å². The highest BCUT2D eigenvalue weighted by molar-refractivity contribution is 7.99. The highest BCUT2D eigenvalue weighted by Gasteiger charge is 2.31. The third-order valence-electron chi connectivity index (χ3n) is 6.52. The number of thioether (sulfide) groups is 1. The first-order valence-corrected chi connectivity index (χ1v) is 13.1. The third kappa shape index (κ3) is 6.41. The van der Waals surface area contributed by atoms with Crippen LogP contribution in [0.4, 0.5) is 13.2 Å². The lowest BCUT2D eigenvalue weighted by molar-refractivity contribution is -0.137. The van der Waals surface area contributed by atoms with Gasteiger partial charge in [-0.1, -0.05) is 18.2 Å². The minimum absolute atomic E-state index is 0.0202. The van der Waals surface area contributed by atoms with Crippen LogP contribution in [0.15, 0.2) is 46.9 Å². The first kappa shape index (κ1) is 26.9. The number of hydrogen-bond acceptors (Lipinski definition) is 6. The van der Waals surface area contributed by atoms with E-state index in [0.717, 1.165) is 17.3 Å². The zero-order valence-electron chi connectivity index (χ0n) is 20.9. The number of ether oxygens (including phenoxy) is 2. The van der Waals surface area contributed by atoms with E-state index < -0.39 is 11.7 Å². The average Bonchev–Trinajstić information content (AvgIpc) is 3.28. The lowest BCUT2D eigenvalue weighted by atomic mass is 9.88. The Bertz CT molecular complexity index is 1240. The van der Waals surface area contributed by atoms with Crippen LogP contribution in [0.25, 0.3) is 11.5 Å². The van der Waals surface area contributed by atoms with Gasteiger partial charge in [-0.05, 0) is 55.5 Å². The summed E-state index contributed by atoms with van der Waals surface area (Å²) in [7, 11) is 3.14. The summed E-state index contributed by atoms with van der Waals surface area (Å²) in [5.41, 5.74) is 1.59. The fourth-order valence-corrected chi connectivity index (χ4v) is 5.33. The zero-order chi connectivity index (χ0) is 26.6. The van der Waals surface area contributed by atoms with E-state index in [0.29, 0.717) is 66.2 Å². The number of likely N-dealkylation sites (tertiary alicyclic amines) is 1. The molecule has 0 radical (unpaired) electrons. The van der Waals surface area contributed by atoms with Crippen LogP contribution in [0.2, 0.25) is 0 Å². The molecule has 10 heteroatoms. The largest absolute Gasteiger partial charge is 0.493 e. The van der Waals surface area contributed by atoms with E-state index in [1.165, 1.54) is 23.9 Å². The van der Waals surface area contributed by atoms with Gasteiger partial charge in [0.25, 0.3) is 0 Å². The van der Waals surface area contributed by atoms with Crippen LogP contribution >= 0.6 is 11.8 Å². The molecule has 0 unspecified atom stereocenters. The molecule has 2 heterocycles. The van der Waals surface area contributed by atoms with E-state index >= 15 is 0 Å². The molecule has 0 saturated carbocycles. The monoisotopic (exact) mass is 534 g/mol. The number of alkyl halides is 3. The Hall–Kier alpha value is -3.14. The molecule has 0 spiro atoms. The smallest absolute Gasteiger partial charge is 0.416 e. The molecule has 3 aromatic rings. The van der Waals surface area contributed by atoms with E-state index in [1.54, 1.807) is 37.3 Å². The minimum Gasteiger partial charge on any atom is -0.493 e. The molecule has 6 nitrogen and oxygen atoms in total. The predicted molar refractivity (Wildman–Crippen MR) is 136 cm³/mol. The normalized spacial score (nSPS) is 14.6. The van der Waals surface area contributed by atoms with Gasteiger partial charge in [-0.25, -0.2) is 4.98 Å². The van der Waals surface area contributed by atoms with Gasteiger partial charge in [0.15, 0.2) is 11.5 Å². The Labute approximate surface area is 218 Å². The number of aromatic nitrogens is 1. The summed E-state index contributed by atoms with van der Waals surface area (Å²) >= 11 is 1.46. The van der Waals surface area contributed by atoms with E-state index in [9.17, 15) is 18.0 Å². The summed E-state index contributed by atoms with van der Waals surface area (Å²) in [6.07, 6.45) is -3.06. The van der Waals surface area contributed by atoms with Gasteiger partial charge in [0.2, 0.25) is 11.8 Å². The van der Waals surface area contributed by atoms with Crippen LogP contribution in [0, 0.1) is 6.92 Å². The van der Waals surface area contributed by atoms with Gasteiger partial charge < -0.3 is 18.8 Å². The lowest BCUT2D eigenvalue weighted by Gasteiger charge is -2.32. The molecule has 2 aromatic carbocycles. The highest BCUT2D eigenvalue weighted by atomic mass is 32.2. The van der Waals surface area contributed by atoms with Gasteiger partial charge in [-0.2, -0.15) is 13.2 Å². The number of benzene rings is 2. The number of carbonyl (C=O) groups excluding carboxylic acids is 1. The van der Waals surface area contributed by atoms with Crippen LogP contribution in [-0.4, -0.2) is 48.9 Å². The van der Waals surface area contributed by atoms with Gasteiger partial charge in [0, 0.05) is 24.4 Å². The number of piperidine rings is 1. The van der Waals surface area contributed by atoms with Crippen molar-refractivity contribution in [1.29, 1.82) is 0 Å². The molecular formula is C27H29F3N2O4S. The number of nitrogens with zero attached hydrogens (tertiary/aromatic N) is 2. The van der Waals surface area contributed by atoms with Crippen molar-refractivity contribution in [3.63, 3.8) is 0 Å². The quantitative estimate of drug-likeness (QED) is 0.337. The Morgan fingerprint density at radius 3 is 2.51 bits per heavy atom. The van der Waals surface area contributed by atoms with Crippen LogP contribution in [0.1, 0.15) is 41.3 Å². The van der Waals surface area contributed by atoms with Gasteiger partial charge in [0.1, 0.15) is 5.76 Å². The van der Waals surface area contributed by atoms with Crippen LogP contribution in [0.5, 0.6) is 11.5 Å². The molecule has 1 fully saturated rings. The summed E-state index contributed by atoms with van der Waals surface area (Å²) in [5, 5.41) is 0. The summed E-state index contributed by atoms with van der Waals surface area (Å²) in [5.74, 6) is 3.21. The molecule has 198 valence electrons. The lowest BCUT2D eigenvalue weighted by Crippen LogP contribution is -2.39. The van der Waals surface area contributed by atoms with Crippen LogP contribution < -0.4 is 9.47 Å². The first-order valence-electron chi connectivity index (χ1n) is 11.9. The molecule has 37 heavy (non-hydrogen) atoms. The Morgan fingerprint density at radius 2 is 1.84 bits per heavy atom. The highest BCUT2D eigenvalue weighted by Crippen LogP contribution is 2.35. The summed E-state index contributed by atoms with van der Waals surface area (Å²) in [6.45, 7) is 2.91. The fraction of sp³-hybridized carbons (Fsp3) is 0.407. The summed E-state index contributed by atoms with van der Waals surface area (Å²) in [6, 6.07) is 10.9. The summed E-state index contributed by atoms with van der Waals surface area (Å²) < 4.78 is 55.6. The zero-order valence-corrected chi connectivity index (χ0v) is 21.7.